The van der Waals surface area contributed by atoms with Gasteiger partial charge in [-0.2, -0.15) is 0 Å². The summed E-state index contributed by atoms with van der Waals surface area (Å²) in [6.07, 6.45) is 0. The molecule has 0 aromatic heterocycles. The maximum Gasteiger partial charge on any atom is 0.122 e. The molecule has 104 valence electrons. The number of nitrogens with one attached hydrogen (secondary N) is 1. The largest absolute Gasteiger partial charge is 0.493 e. The smallest absolute Gasteiger partial charge is 0.122 e. The number of hydrogen-bond acceptors (Lipinski definition) is 2. The first kappa shape index (κ1) is 13.7. The van der Waals surface area contributed by atoms with Crippen LogP contribution in [-0.2, 0) is 0 Å². The Balaban J connectivity index is 2.01. The van der Waals surface area contributed by atoms with Crippen molar-refractivity contribution in [2.24, 2.45) is 0 Å². The predicted molar refractivity (Wildman–Crippen MR) is 82.9 cm³/mol. The number of hydrogen-bond donors (Lipinski definition) is 1. The molecule has 2 atom stereocenters. The number of halogens is 2. The van der Waals surface area contributed by atoms with E-state index in [1.165, 1.54) is 5.56 Å². The normalized spacial score (nSPS) is 18.4. The van der Waals surface area contributed by atoms with Crippen LogP contribution in [0.15, 0.2) is 42.5 Å². The maximum atomic E-state index is 6.34. The van der Waals surface area contributed by atoms with Crippen LogP contribution >= 0.6 is 23.2 Å². The molecule has 2 nitrogen and oxygen atoms in total. The SMILES string of the molecule is CNC(c1cc(Cl)ccc1Cl)C1COc2ccccc21. The third kappa shape index (κ3) is 2.39. The summed E-state index contributed by atoms with van der Waals surface area (Å²) in [4.78, 5) is 0. The van der Waals surface area contributed by atoms with Crippen LogP contribution in [0.1, 0.15) is 23.1 Å². The van der Waals surface area contributed by atoms with Gasteiger partial charge in [0.15, 0.2) is 0 Å². The van der Waals surface area contributed by atoms with Gasteiger partial charge in [0, 0.05) is 27.6 Å². The zero-order valence-corrected chi connectivity index (χ0v) is 12.6. The van der Waals surface area contributed by atoms with Gasteiger partial charge in [0.05, 0.1) is 6.61 Å². The van der Waals surface area contributed by atoms with E-state index < -0.39 is 0 Å². The lowest BCUT2D eigenvalue weighted by atomic mass is 9.88. The molecule has 0 spiro atoms. The van der Waals surface area contributed by atoms with Gasteiger partial charge in [0.25, 0.3) is 0 Å². The predicted octanol–water partition coefficient (Wildman–Crippen LogP) is 4.43. The van der Waals surface area contributed by atoms with E-state index in [9.17, 15) is 0 Å². The van der Waals surface area contributed by atoms with Gasteiger partial charge in [-0.1, -0.05) is 41.4 Å². The number of benzene rings is 2. The van der Waals surface area contributed by atoms with Gasteiger partial charge in [-0.05, 0) is 36.9 Å². The minimum atomic E-state index is 0.0739. The first-order chi connectivity index (χ1) is 9.70. The monoisotopic (exact) mass is 307 g/mol. The minimum Gasteiger partial charge on any atom is -0.493 e. The van der Waals surface area contributed by atoms with Gasteiger partial charge in [-0.25, -0.2) is 0 Å². The summed E-state index contributed by atoms with van der Waals surface area (Å²) in [7, 11) is 1.93. The number of ether oxygens (including phenoxy) is 1. The first-order valence-corrected chi connectivity index (χ1v) is 7.30. The van der Waals surface area contributed by atoms with Crippen molar-refractivity contribution in [2.45, 2.75) is 12.0 Å². The molecule has 4 heteroatoms. The molecule has 0 bridgehead atoms. The van der Waals surface area contributed by atoms with Crippen molar-refractivity contribution in [3.63, 3.8) is 0 Å². The molecule has 2 unspecified atom stereocenters. The molecule has 20 heavy (non-hydrogen) atoms. The quantitative estimate of drug-likeness (QED) is 0.905. The van der Waals surface area contributed by atoms with Crippen molar-refractivity contribution in [3.05, 3.63) is 63.6 Å². The highest BCUT2D eigenvalue weighted by atomic mass is 35.5. The van der Waals surface area contributed by atoms with Crippen LogP contribution in [0.4, 0.5) is 0 Å². The average molecular weight is 308 g/mol. The van der Waals surface area contributed by atoms with Crippen molar-refractivity contribution in [1.82, 2.24) is 5.32 Å². The van der Waals surface area contributed by atoms with Crippen LogP contribution < -0.4 is 10.1 Å². The molecule has 0 amide bonds. The zero-order valence-electron chi connectivity index (χ0n) is 11.1. The zero-order chi connectivity index (χ0) is 14.1. The van der Waals surface area contributed by atoms with Crippen molar-refractivity contribution >= 4 is 23.2 Å². The molecule has 0 aliphatic carbocycles. The van der Waals surface area contributed by atoms with E-state index in [0.717, 1.165) is 16.3 Å². The Kier molecular flexibility index (Phi) is 3.88. The van der Waals surface area contributed by atoms with Gasteiger partial charge >= 0.3 is 0 Å². The molecule has 1 N–H and O–H groups in total. The van der Waals surface area contributed by atoms with Gasteiger partial charge in [-0.3, -0.25) is 0 Å². The molecule has 1 heterocycles. The number of likely N-dealkylation sites (N-methyl/N-ethyl adjacent to an activating group) is 1. The van der Waals surface area contributed by atoms with Crippen LogP contribution in [0.5, 0.6) is 5.75 Å². The third-order valence-corrected chi connectivity index (χ3v) is 4.32. The van der Waals surface area contributed by atoms with E-state index in [-0.39, 0.29) is 12.0 Å². The van der Waals surface area contributed by atoms with Crippen molar-refractivity contribution < 1.29 is 4.74 Å². The summed E-state index contributed by atoms with van der Waals surface area (Å²) in [5.74, 6) is 1.18. The molecule has 0 radical (unpaired) electrons. The summed E-state index contributed by atoms with van der Waals surface area (Å²) < 4.78 is 5.77. The van der Waals surface area contributed by atoms with Crippen LogP contribution in [0.2, 0.25) is 10.0 Å². The van der Waals surface area contributed by atoms with Gasteiger partial charge in [0.2, 0.25) is 0 Å². The lowest BCUT2D eigenvalue weighted by molar-refractivity contribution is 0.304. The van der Waals surface area contributed by atoms with Gasteiger partial charge < -0.3 is 10.1 Å². The maximum absolute atomic E-state index is 6.34. The first-order valence-electron chi connectivity index (χ1n) is 6.54. The van der Waals surface area contributed by atoms with E-state index in [4.69, 9.17) is 27.9 Å². The highest BCUT2D eigenvalue weighted by Crippen LogP contribution is 2.42. The standard InChI is InChI=1S/C16H15Cl2NO/c1-19-16(12-8-10(17)6-7-14(12)18)13-9-20-15-5-3-2-4-11(13)15/h2-8,13,16,19H,9H2,1H3. The summed E-state index contributed by atoms with van der Waals surface area (Å²) in [5, 5.41) is 4.76. The lowest BCUT2D eigenvalue weighted by Crippen LogP contribution is -2.25. The Bertz CT molecular complexity index is 630. The molecule has 2 aromatic carbocycles. The summed E-state index contributed by atoms with van der Waals surface area (Å²) in [6, 6.07) is 13.8. The Labute approximate surface area is 128 Å². The fourth-order valence-corrected chi connectivity index (χ4v) is 3.21. The summed E-state index contributed by atoms with van der Waals surface area (Å²) in [5.41, 5.74) is 2.22. The number of rotatable bonds is 3. The Hall–Kier alpha value is -1.22. The fourth-order valence-electron chi connectivity index (χ4n) is 2.79. The molecule has 0 saturated heterocycles. The second kappa shape index (κ2) is 5.65. The van der Waals surface area contributed by atoms with E-state index in [0.29, 0.717) is 11.6 Å². The van der Waals surface area contributed by atoms with Gasteiger partial charge in [0.1, 0.15) is 5.75 Å². The molecule has 1 aliphatic rings. The summed E-state index contributed by atoms with van der Waals surface area (Å²) >= 11 is 12.4. The van der Waals surface area contributed by atoms with E-state index in [2.05, 4.69) is 11.4 Å². The fraction of sp³-hybridized carbons (Fsp3) is 0.250. The Morgan fingerprint density at radius 2 is 2.00 bits per heavy atom. The Morgan fingerprint density at radius 1 is 1.20 bits per heavy atom. The van der Waals surface area contributed by atoms with Crippen LogP contribution in [0.3, 0.4) is 0 Å². The second-order valence-corrected chi connectivity index (χ2v) is 5.73. The van der Waals surface area contributed by atoms with Crippen molar-refractivity contribution in [1.29, 1.82) is 0 Å². The topological polar surface area (TPSA) is 21.3 Å². The average Bonchev–Trinajstić information content (AvgIpc) is 2.88. The van der Waals surface area contributed by atoms with E-state index in [1.54, 1.807) is 6.07 Å². The van der Waals surface area contributed by atoms with Crippen LogP contribution in [0, 0.1) is 0 Å². The van der Waals surface area contributed by atoms with E-state index >= 15 is 0 Å². The molecule has 3 rings (SSSR count). The minimum absolute atomic E-state index is 0.0739. The molecular weight excluding hydrogens is 293 g/mol. The summed E-state index contributed by atoms with van der Waals surface area (Å²) in [6.45, 7) is 0.647. The molecule has 2 aromatic rings. The lowest BCUT2D eigenvalue weighted by Gasteiger charge is -2.24. The molecule has 0 saturated carbocycles. The number of para-hydroxylation sites is 1. The highest BCUT2D eigenvalue weighted by Gasteiger charge is 2.32. The van der Waals surface area contributed by atoms with Crippen molar-refractivity contribution in [3.8, 4) is 5.75 Å². The van der Waals surface area contributed by atoms with Crippen molar-refractivity contribution in [2.75, 3.05) is 13.7 Å². The van der Waals surface area contributed by atoms with Crippen LogP contribution in [-0.4, -0.2) is 13.7 Å². The number of fused-ring (bicyclic) bond motifs is 1. The second-order valence-electron chi connectivity index (χ2n) is 4.89. The Morgan fingerprint density at radius 3 is 2.80 bits per heavy atom. The molecule has 1 aliphatic heterocycles. The molecule has 0 fully saturated rings. The highest BCUT2D eigenvalue weighted by molar-refractivity contribution is 6.33. The van der Waals surface area contributed by atoms with E-state index in [1.807, 2.05) is 37.4 Å². The molecular formula is C16H15Cl2NO. The van der Waals surface area contributed by atoms with Gasteiger partial charge in [-0.15, -0.1) is 0 Å². The van der Waals surface area contributed by atoms with Crippen LogP contribution in [0.25, 0.3) is 0 Å². The third-order valence-electron chi connectivity index (χ3n) is 3.74.